The smallest absolute Gasteiger partial charge is 0.330 e. The summed E-state index contributed by atoms with van der Waals surface area (Å²) >= 11 is 6.44. The summed E-state index contributed by atoms with van der Waals surface area (Å²) in [7, 11) is 1.76. The maximum atomic E-state index is 13.2. The number of fused-ring (bicyclic) bond motifs is 4. The average molecular weight is 442 g/mol. The molecule has 2 fully saturated rings. The van der Waals surface area contributed by atoms with E-state index in [0.717, 1.165) is 49.1 Å². The van der Waals surface area contributed by atoms with E-state index in [2.05, 4.69) is 10.3 Å². The van der Waals surface area contributed by atoms with Crippen molar-refractivity contribution in [2.75, 3.05) is 11.9 Å². The number of aliphatic hydroxyl groups is 1. The summed E-state index contributed by atoms with van der Waals surface area (Å²) in [5.74, 6) is 1.82. The van der Waals surface area contributed by atoms with Crippen LogP contribution in [-0.2, 0) is 13.5 Å². The highest BCUT2D eigenvalue weighted by molar-refractivity contribution is 6.33. The van der Waals surface area contributed by atoms with Crippen molar-refractivity contribution in [2.24, 2.45) is 18.9 Å². The standard InChI is InChI=1S/C22H24ClN5O3/c1-27-17-10-24-21(25-16-8-11-4-5-31-18(11)9-15(16)23)26-20(17)28(22(27)30)19-12-2-3-13(19)7-14(29)6-12/h8-10,12-14,19,29H,2-7H2,1H3,(H,24,25,26). The average Bonchev–Trinajstić information content (AvgIpc) is 3.36. The van der Waals surface area contributed by atoms with E-state index < -0.39 is 0 Å². The summed E-state index contributed by atoms with van der Waals surface area (Å²) in [6.07, 6.45) is 5.83. The largest absolute Gasteiger partial charge is 0.493 e. The van der Waals surface area contributed by atoms with Crippen LogP contribution in [-0.4, -0.2) is 36.9 Å². The molecule has 2 aromatic heterocycles. The van der Waals surface area contributed by atoms with Crippen molar-refractivity contribution in [1.82, 2.24) is 19.1 Å². The topological polar surface area (TPSA) is 94.2 Å². The third-order valence-corrected chi connectivity index (χ3v) is 7.49. The first-order valence-electron chi connectivity index (χ1n) is 10.8. The molecule has 3 aromatic rings. The second-order valence-electron chi connectivity index (χ2n) is 8.99. The molecule has 1 aromatic carbocycles. The van der Waals surface area contributed by atoms with E-state index in [1.54, 1.807) is 17.8 Å². The second kappa shape index (κ2) is 6.97. The molecule has 2 bridgehead atoms. The van der Waals surface area contributed by atoms with Gasteiger partial charge in [0.15, 0.2) is 5.65 Å². The van der Waals surface area contributed by atoms with Gasteiger partial charge in [-0.25, -0.2) is 9.78 Å². The molecule has 0 radical (unpaired) electrons. The molecule has 8 nitrogen and oxygen atoms in total. The Hall–Kier alpha value is -2.58. The summed E-state index contributed by atoms with van der Waals surface area (Å²) in [5, 5.41) is 14.0. The fraction of sp³-hybridized carbons (Fsp3) is 0.500. The lowest BCUT2D eigenvalue weighted by Crippen LogP contribution is -2.36. The molecular weight excluding hydrogens is 418 g/mol. The molecule has 0 amide bonds. The molecule has 3 aliphatic rings. The molecule has 31 heavy (non-hydrogen) atoms. The molecule has 2 saturated carbocycles. The number of nitrogens with one attached hydrogen (secondary N) is 1. The van der Waals surface area contributed by atoms with Gasteiger partial charge in [0.25, 0.3) is 0 Å². The van der Waals surface area contributed by atoms with Crippen LogP contribution in [0, 0.1) is 11.8 Å². The Balaban J connectivity index is 1.42. The van der Waals surface area contributed by atoms with Crippen LogP contribution in [0.25, 0.3) is 11.2 Å². The van der Waals surface area contributed by atoms with Crippen LogP contribution in [0.4, 0.5) is 11.6 Å². The number of halogens is 1. The quantitative estimate of drug-likeness (QED) is 0.648. The van der Waals surface area contributed by atoms with Gasteiger partial charge in [-0.2, -0.15) is 4.98 Å². The van der Waals surface area contributed by atoms with E-state index in [9.17, 15) is 9.90 Å². The molecular formula is C22H24ClN5O3. The summed E-state index contributed by atoms with van der Waals surface area (Å²) in [5.41, 5.74) is 3.07. The highest BCUT2D eigenvalue weighted by Crippen LogP contribution is 2.49. The number of nitrogens with zero attached hydrogens (tertiary/aromatic N) is 4. The first-order chi connectivity index (χ1) is 15.0. The lowest BCUT2D eigenvalue weighted by atomic mass is 9.82. The van der Waals surface area contributed by atoms with Gasteiger partial charge >= 0.3 is 5.69 Å². The van der Waals surface area contributed by atoms with Gasteiger partial charge in [-0.3, -0.25) is 9.13 Å². The van der Waals surface area contributed by atoms with Gasteiger partial charge in [0, 0.05) is 25.6 Å². The number of anilines is 2. The summed E-state index contributed by atoms with van der Waals surface area (Å²) in [6.45, 7) is 0.659. The van der Waals surface area contributed by atoms with E-state index in [1.165, 1.54) is 0 Å². The number of imidazole rings is 1. The maximum Gasteiger partial charge on any atom is 0.330 e. The molecule has 3 heterocycles. The first-order valence-corrected chi connectivity index (χ1v) is 11.2. The lowest BCUT2D eigenvalue weighted by molar-refractivity contribution is 0.0650. The van der Waals surface area contributed by atoms with Gasteiger partial charge in [0.2, 0.25) is 5.95 Å². The normalized spacial score (nSPS) is 26.8. The zero-order valence-corrected chi connectivity index (χ0v) is 18.0. The number of aromatic nitrogens is 4. The minimum atomic E-state index is -0.266. The van der Waals surface area contributed by atoms with Crippen LogP contribution in [0.2, 0.25) is 5.02 Å². The summed E-state index contributed by atoms with van der Waals surface area (Å²) in [4.78, 5) is 22.4. The molecule has 2 atom stereocenters. The Bertz CT molecular complexity index is 1240. The zero-order chi connectivity index (χ0) is 21.3. The number of ether oxygens (including phenoxy) is 1. The van der Waals surface area contributed by atoms with Crippen molar-refractivity contribution in [3.05, 3.63) is 39.4 Å². The number of benzene rings is 1. The van der Waals surface area contributed by atoms with Gasteiger partial charge in [0.1, 0.15) is 11.3 Å². The van der Waals surface area contributed by atoms with E-state index in [1.807, 2.05) is 16.7 Å². The third kappa shape index (κ3) is 2.96. The van der Waals surface area contributed by atoms with Crippen LogP contribution in [0.1, 0.15) is 37.3 Å². The Morgan fingerprint density at radius 1 is 1.26 bits per heavy atom. The predicted molar refractivity (Wildman–Crippen MR) is 117 cm³/mol. The minimum Gasteiger partial charge on any atom is -0.493 e. The number of hydrogen-bond donors (Lipinski definition) is 2. The third-order valence-electron chi connectivity index (χ3n) is 7.18. The van der Waals surface area contributed by atoms with Gasteiger partial charge in [-0.1, -0.05) is 11.6 Å². The minimum absolute atomic E-state index is 0.0723. The van der Waals surface area contributed by atoms with Crippen LogP contribution in [0.3, 0.4) is 0 Å². The van der Waals surface area contributed by atoms with Crippen molar-refractivity contribution in [3.8, 4) is 5.75 Å². The van der Waals surface area contributed by atoms with E-state index in [4.69, 9.17) is 21.3 Å². The molecule has 0 saturated heterocycles. The first kappa shape index (κ1) is 19.1. The summed E-state index contributed by atoms with van der Waals surface area (Å²) in [6, 6.07) is 3.86. The number of aryl methyl sites for hydroxylation is 1. The molecule has 1 aliphatic heterocycles. The van der Waals surface area contributed by atoms with Crippen molar-refractivity contribution in [1.29, 1.82) is 0 Å². The van der Waals surface area contributed by atoms with Crippen LogP contribution in [0.15, 0.2) is 23.1 Å². The maximum absolute atomic E-state index is 13.2. The number of hydrogen-bond acceptors (Lipinski definition) is 6. The van der Waals surface area contributed by atoms with Crippen molar-refractivity contribution >= 4 is 34.4 Å². The van der Waals surface area contributed by atoms with Gasteiger partial charge in [-0.15, -0.1) is 0 Å². The van der Waals surface area contributed by atoms with Gasteiger partial charge < -0.3 is 15.2 Å². The number of aliphatic hydroxyl groups excluding tert-OH is 1. The molecule has 0 spiro atoms. The lowest BCUT2D eigenvalue weighted by Gasteiger charge is -2.33. The molecule has 2 aliphatic carbocycles. The molecule has 6 rings (SSSR count). The Morgan fingerprint density at radius 2 is 2.03 bits per heavy atom. The van der Waals surface area contributed by atoms with E-state index in [-0.39, 0.29) is 17.8 Å². The molecule has 162 valence electrons. The monoisotopic (exact) mass is 441 g/mol. The molecule has 2 N–H and O–H groups in total. The molecule has 9 heteroatoms. The highest BCUT2D eigenvalue weighted by Gasteiger charge is 2.44. The fourth-order valence-corrected chi connectivity index (χ4v) is 5.97. The predicted octanol–water partition coefficient (Wildman–Crippen LogP) is 3.18. The fourth-order valence-electron chi connectivity index (χ4n) is 5.77. The SMILES string of the molecule is Cn1c(=O)n(C2C3CCC2CC(O)C3)c2nc(Nc3cc4c(cc3Cl)OCC4)ncc21. The Kier molecular flexibility index (Phi) is 4.30. The van der Waals surface area contributed by atoms with Crippen molar-refractivity contribution < 1.29 is 9.84 Å². The Labute approximate surface area is 183 Å². The highest BCUT2D eigenvalue weighted by atomic mass is 35.5. The van der Waals surface area contributed by atoms with Crippen LogP contribution >= 0.6 is 11.6 Å². The van der Waals surface area contributed by atoms with Crippen molar-refractivity contribution in [3.63, 3.8) is 0 Å². The number of rotatable bonds is 3. The Morgan fingerprint density at radius 3 is 2.81 bits per heavy atom. The van der Waals surface area contributed by atoms with E-state index in [0.29, 0.717) is 40.6 Å². The van der Waals surface area contributed by atoms with Crippen molar-refractivity contribution in [2.45, 2.75) is 44.2 Å². The van der Waals surface area contributed by atoms with E-state index >= 15 is 0 Å². The zero-order valence-electron chi connectivity index (χ0n) is 17.2. The van der Waals surface area contributed by atoms with Crippen LogP contribution in [0.5, 0.6) is 5.75 Å². The van der Waals surface area contributed by atoms with Gasteiger partial charge in [-0.05, 0) is 49.1 Å². The summed E-state index contributed by atoms with van der Waals surface area (Å²) < 4.78 is 9.03. The van der Waals surface area contributed by atoms with Gasteiger partial charge in [0.05, 0.1) is 29.6 Å². The molecule has 2 unspecified atom stereocenters. The van der Waals surface area contributed by atoms with Crippen LogP contribution < -0.4 is 15.7 Å². The second-order valence-corrected chi connectivity index (χ2v) is 9.40.